The Hall–Kier alpha value is -2.60. The van der Waals surface area contributed by atoms with Crippen molar-refractivity contribution in [3.05, 3.63) is 58.4 Å². The van der Waals surface area contributed by atoms with Gasteiger partial charge in [-0.3, -0.25) is 9.59 Å². The molecule has 1 aromatic carbocycles. The minimum Gasteiger partial charge on any atom is -0.361 e. The fourth-order valence-corrected chi connectivity index (χ4v) is 3.30. The summed E-state index contributed by atoms with van der Waals surface area (Å²) >= 11 is 1.36. The third-order valence-electron chi connectivity index (χ3n) is 3.89. The van der Waals surface area contributed by atoms with Crippen molar-refractivity contribution in [1.82, 2.24) is 15.2 Å². The second-order valence-corrected chi connectivity index (χ2v) is 6.75. The van der Waals surface area contributed by atoms with Crippen LogP contribution in [0.4, 0.5) is 0 Å². The summed E-state index contributed by atoms with van der Waals surface area (Å²) in [7, 11) is 3.39. The van der Waals surface area contributed by atoms with Gasteiger partial charge in [0.1, 0.15) is 6.04 Å². The van der Waals surface area contributed by atoms with Crippen molar-refractivity contribution in [1.29, 1.82) is 0 Å². The number of thiophene rings is 1. The molecule has 0 spiro atoms. The van der Waals surface area contributed by atoms with Gasteiger partial charge in [0.25, 0.3) is 5.91 Å². The van der Waals surface area contributed by atoms with Crippen molar-refractivity contribution in [3.8, 4) is 0 Å². The number of aromatic nitrogens is 1. The Bertz CT molecular complexity index is 852. The van der Waals surface area contributed by atoms with Crippen molar-refractivity contribution in [2.24, 2.45) is 0 Å². The summed E-state index contributed by atoms with van der Waals surface area (Å²) in [4.78, 5) is 30.2. The van der Waals surface area contributed by atoms with Crippen LogP contribution in [0.25, 0.3) is 10.9 Å². The molecule has 1 atom stereocenters. The van der Waals surface area contributed by atoms with Crippen molar-refractivity contribution in [2.75, 3.05) is 14.1 Å². The molecule has 0 bridgehead atoms. The number of nitrogens with zero attached hydrogens (tertiary/aromatic N) is 1. The Morgan fingerprint density at radius 1 is 1.21 bits per heavy atom. The Kier molecular flexibility index (Phi) is 4.66. The van der Waals surface area contributed by atoms with E-state index in [2.05, 4.69) is 10.3 Å². The fourth-order valence-electron chi connectivity index (χ4n) is 2.67. The molecule has 0 saturated carbocycles. The maximum absolute atomic E-state index is 12.5. The summed E-state index contributed by atoms with van der Waals surface area (Å²) in [6.07, 6.45) is 2.34. The molecule has 2 N–H and O–H groups in total. The number of carbonyl (C=O) groups is 2. The number of para-hydroxylation sites is 1. The summed E-state index contributed by atoms with van der Waals surface area (Å²) in [6, 6.07) is 10.9. The first-order valence-corrected chi connectivity index (χ1v) is 8.54. The van der Waals surface area contributed by atoms with E-state index in [-0.39, 0.29) is 11.8 Å². The van der Waals surface area contributed by atoms with Gasteiger partial charge < -0.3 is 15.2 Å². The number of carbonyl (C=O) groups excluding carboxylic acids is 2. The number of likely N-dealkylation sites (N-methyl/N-ethyl adjacent to an activating group) is 1. The van der Waals surface area contributed by atoms with Crippen LogP contribution >= 0.6 is 11.3 Å². The van der Waals surface area contributed by atoms with Crippen molar-refractivity contribution < 1.29 is 9.59 Å². The number of amides is 2. The summed E-state index contributed by atoms with van der Waals surface area (Å²) in [5.74, 6) is -0.338. The molecule has 0 fully saturated rings. The van der Waals surface area contributed by atoms with Crippen LogP contribution in [0.1, 0.15) is 15.2 Å². The van der Waals surface area contributed by atoms with Crippen molar-refractivity contribution in [3.63, 3.8) is 0 Å². The minimum absolute atomic E-state index is 0.120. The lowest BCUT2D eigenvalue weighted by molar-refractivity contribution is -0.130. The number of fused-ring (bicyclic) bond motifs is 1. The quantitative estimate of drug-likeness (QED) is 0.749. The Morgan fingerprint density at radius 2 is 2.00 bits per heavy atom. The van der Waals surface area contributed by atoms with Gasteiger partial charge in [-0.15, -0.1) is 11.3 Å². The van der Waals surface area contributed by atoms with Gasteiger partial charge in [0, 0.05) is 37.6 Å². The molecular formula is C18H19N3O2S. The lowest BCUT2D eigenvalue weighted by atomic mass is 10.0. The maximum atomic E-state index is 12.5. The zero-order valence-corrected chi connectivity index (χ0v) is 14.4. The number of aromatic amines is 1. The average Bonchev–Trinajstić information content (AvgIpc) is 3.23. The Labute approximate surface area is 144 Å². The van der Waals surface area contributed by atoms with E-state index >= 15 is 0 Å². The molecule has 3 aromatic rings. The number of hydrogen-bond donors (Lipinski definition) is 2. The highest BCUT2D eigenvalue weighted by molar-refractivity contribution is 7.12. The highest BCUT2D eigenvalue weighted by Crippen LogP contribution is 2.20. The maximum Gasteiger partial charge on any atom is 0.262 e. The van der Waals surface area contributed by atoms with E-state index in [1.54, 1.807) is 20.2 Å². The van der Waals surface area contributed by atoms with Gasteiger partial charge in [-0.2, -0.15) is 0 Å². The fraction of sp³-hybridized carbons (Fsp3) is 0.222. The van der Waals surface area contributed by atoms with Crippen LogP contribution in [0.15, 0.2) is 48.0 Å². The molecule has 0 saturated heterocycles. The lowest BCUT2D eigenvalue weighted by Crippen LogP contribution is -2.47. The molecule has 6 heteroatoms. The highest BCUT2D eigenvalue weighted by Gasteiger charge is 2.24. The standard InChI is InChI=1S/C18H19N3O2S/c1-21(2)18(23)15(20-17(22)16-8-5-9-24-16)10-12-11-19-14-7-4-3-6-13(12)14/h3-9,11,15,19H,10H2,1-2H3,(H,20,22). The summed E-state index contributed by atoms with van der Waals surface area (Å²) < 4.78 is 0. The van der Waals surface area contributed by atoms with Gasteiger partial charge in [-0.05, 0) is 23.1 Å². The van der Waals surface area contributed by atoms with E-state index in [1.807, 2.05) is 41.9 Å². The third-order valence-corrected chi connectivity index (χ3v) is 4.76. The number of hydrogen-bond acceptors (Lipinski definition) is 3. The lowest BCUT2D eigenvalue weighted by Gasteiger charge is -2.21. The molecule has 0 aliphatic heterocycles. The molecule has 2 aromatic heterocycles. The van der Waals surface area contributed by atoms with Gasteiger partial charge >= 0.3 is 0 Å². The van der Waals surface area contributed by atoms with Crippen LogP contribution in [0, 0.1) is 0 Å². The van der Waals surface area contributed by atoms with E-state index in [0.29, 0.717) is 11.3 Å². The van der Waals surface area contributed by atoms with E-state index in [0.717, 1.165) is 16.5 Å². The van der Waals surface area contributed by atoms with E-state index < -0.39 is 6.04 Å². The van der Waals surface area contributed by atoms with Crippen LogP contribution in [0.3, 0.4) is 0 Å². The zero-order chi connectivity index (χ0) is 17.1. The zero-order valence-electron chi connectivity index (χ0n) is 13.6. The van der Waals surface area contributed by atoms with Gasteiger partial charge in [0.05, 0.1) is 4.88 Å². The van der Waals surface area contributed by atoms with Crippen molar-refractivity contribution in [2.45, 2.75) is 12.5 Å². The van der Waals surface area contributed by atoms with E-state index in [9.17, 15) is 9.59 Å². The van der Waals surface area contributed by atoms with Gasteiger partial charge in [0.2, 0.25) is 5.91 Å². The second kappa shape index (κ2) is 6.88. The predicted molar refractivity (Wildman–Crippen MR) is 96.3 cm³/mol. The Morgan fingerprint density at radius 3 is 2.71 bits per heavy atom. The molecule has 0 aliphatic rings. The molecule has 0 radical (unpaired) electrons. The summed E-state index contributed by atoms with van der Waals surface area (Å²) in [6.45, 7) is 0. The number of rotatable bonds is 5. The third kappa shape index (κ3) is 3.33. The van der Waals surface area contributed by atoms with Crippen LogP contribution in [0.2, 0.25) is 0 Å². The van der Waals surface area contributed by atoms with Crippen LogP contribution in [-0.2, 0) is 11.2 Å². The first kappa shape index (κ1) is 16.3. The molecule has 24 heavy (non-hydrogen) atoms. The monoisotopic (exact) mass is 341 g/mol. The number of nitrogens with one attached hydrogen (secondary N) is 2. The molecule has 3 rings (SSSR count). The van der Waals surface area contributed by atoms with Gasteiger partial charge in [-0.1, -0.05) is 24.3 Å². The molecule has 0 aliphatic carbocycles. The molecule has 124 valence electrons. The Balaban J connectivity index is 1.85. The highest BCUT2D eigenvalue weighted by atomic mass is 32.1. The van der Waals surface area contributed by atoms with Gasteiger partial charge in [0.15, 0.2) is 0 Å². The molecule has 2 heterocycles. The van der Waals surface area contributed by atoms with E-state index in [1.165, 1.54) is 16.2 Å². The average molecular weight is 341 g/mol. The first-order chi connectivity index (χ1) is 11.6. The number of H-pyrrole nitrogens is 1. The summed E-state index contributed by atoms with van der Waals surface area (Å²) in [5, 5.41) is 5.78. The van der Waals surface area contributed by atoms with Gasteiger partial charge in [-0.25, -0.2) is 0 Å². The normalized spacial score (nSPS) is 12.1. The second-order valence-electron chi connectivity index (χ2n) is 5.80. The molecular weight excluding hydrogens is 322 g/mol. The van der Waals surface area contributed by atoms with Crippen LogP contribution < -0.4 is 5.32 Å². The predicted octanol–water partition coefficient (Wildman–Crippen LogP) is 2.66. The van der Waals surface area contributed by atoms with Crippen molar-refractivity contribution >= 4 is 34.1 Å². The van der Waals surface area contributed by atoms with Crippen LogP contribution in [0.5, 0.6) is 0 Å². The SMILES string of the molecule is CN(C)C(=O)C(Cc1c[nH]c2ccccc12)NC(=O)c1cccs1. The number of benzene rings is 1. The first-order valence-electron chi connectivity index (χ1n) is 7.67. The largest absolute Gasteiger partial charge is 0.361 e. The topological polar surface area (TPSA) is 65.2 Å². The molecule has 2 amide bonds. The molecule has 5 nitrogen and oxygen atoms in total. The van der Waals surface area contributed by atoms with Crippen LogP contribution in [-0.4, -0.2) is 41.8 Å². The molecule has 1 unspecified atom stereocenters. The smallest absolute Gasteiger partial charge is 0.262 e. The minimum atomic E-state index is -0.603. The summed E-state index contributed by atoms with van der Waals surface area (Å²) in [5.41, 5.74) is 2.03. The van der Waals surface area contributed by atoms with E-state index in [4.69, 9.17) is 0 Å².